The molecule has 1 atom stereocenters. The number of hydrogen-bond donors (Lipinski definition) is 3. The molecule has 0 aromatic carbocycles. The van der Waals surface area contributed by atoms with Crippen LogP contribution in [0.2, 0.25) is 0 Å². The van der Waals surface area contributed by atoms with Crippen molar-refractivity contribution in [2.75, 3.05) is 12.0 Å². The highest BCUT2D eigenvalue weighted by molar-refractivity contribution is 7.98. The van der Waals surface area contributed by atoms with E-state index in [0.29, 0.717) is 5.75 Å². The zero-order chi connectivity index (χ0) is 8.20. The lowest BCUT2D eigenvalue weighted by molar-refractivity contribution is -0.158. The molecule has 0 radical (unpaired) electrons. The number of aliphatic hydroxyl groups is 1. The normalized spacial score (nSPS) is 16.3. The highest BCUT2D eigenvalue weighted by atomic mass is 32.2. The molecule has 0 fully saturated rings. The van der Waals surface area contributed by atoms with Crippen molar-refractivity contribution in [3.63, 3.8) is 0 Å². The third-order valence-electron chi connectivity index (χ3n) is 1.06. The first-order valence-corrected chi connectivity index (χ1v) is 4.13. The van der Waals surface area contributed by atoms with Gasteiger partial charge in [-0.3, -0.25) is 5.73 Å². The van der Waals surface area contributed by atoms with Crippen LogP contribution in [0.1, 0.15) is 6.42 Å². The molecule has 0 aliphatic carbocycles. The highest BCUT2D eigenvalue weighted by Gasteiger charge is 2.29. The number of hydrogen-bond acceptors (Lipinski definition) is 4. The summed E-state index contributed by atoms with van der Waals surface area (Å²) in [6, 6.07) is 0. The molecule has 0 heterocycles. The molecule has 10 heavy (non-hydrogen) atoms. The maximum atomic E-state index is 10.1. The van der Waals surface area contributed by atoms with Crippen LogP contribution in [-0.4, -0.2) is 33.9 Å². The van der Waals surface area contributed by atoms with Gasteiger partial charge in [0, 0.05) is 6.42 Å². The Labute approximate surface area is 63.4 Å². The topological polar surface area (TPSA) is 83.5 Å². The van der Waals surface area contributed by atoms with Crippen LogP contribution in [0, 0.1) is 0 Å². The molecule has 5 heteroatoms. The molecule has 0 bridgehead atoms. The van der Waals surface area contributed by atoms with E-state index in [2.05, 4.69) is 0 Å². The summed E-state index contributed by atoms with van der Waals surface area (Å²) in [5.74, 6) is -0.833. The van der Waals surface area contributed by atoms with Gasteiger partial charge in [0.1, 0.15) is 0 Å². The smallest absolute Gasteiger partial charge is 0.351 e. The summed E-state index contributed by atoms with van der Waals surface area (Å²) in [5, 5.41) is 17.2. The molecule has 4 nitrogen and oxygen atoms in total. The van der Waals surface area contributed by atoms with Crippen LogP contribution in [-0.2, 0) is 4.79 Å². The van der Waals surface area contributed by atoms with Crippen molar-refractivity contribution < 1.29 is 15.0 Å². The number of nitrogens with two attached hydrogens (primary N) is 1. The molecule has 0 aliphatic rings. The van der Waals surface area contributed by atoms with E-state index in [1.165, 1.54) is 11.8 Å². The molecule has 0 spiro atoms. The highest BCUT2D eigenvalue weighted by Crippen LogP contribution is 2.06. The third-order valence-corrected chi connectivity index (χ3v) is 1.67. The van der Waals surface area contributed by atoms with Gasteiger partial charge in [0.25, 0.3) is 0 Å². The first-order chi connectivity index (χ1) is 4.50. The van der Waals surface area contributed by atoms with Crippen molar-refractivity contribution in [1.29, 1.82) is 0 Å². The number of carbonyl (C=O) groups is 1. The van der Waals surface area contributed by atoms with Gasteiger partial charge in [-0.15, -0.1) is 0 Å². The van der Waals surface area contributed by atoms with Gasteiger partial charge < -0.3 is 10.2 Å². The molecule has 0 rings (SSSR count). The van der Waals surface area contributed by atoms with E-state index in [4.69, 9.17) is 15.9 Å². The predicted octanol–water partition coefficient (Wildman–Crippen LogP) is -0.529. The summed E-state index contributed by atoms with van der Waals surface area (Å²) in [7, 11) is 0. The van der Waals surface area contributed by atoms with Crippen molar-refractivity contribution in [1.82, 2.24) is 0 Å². The molecule has 4 N–H and O–H groups in total. The van der Waals surface area contributed by atoms with Gasteiger partial charge in [0.15, 0.2) is 0 Å². The number of carboxylic acids is 1. The summed E-state index contributed by atoms with van der Waals surface area (Å²) < 4.78 is 0. The van der Waals surface area contributed by atoms with E-state index < -0.39 is 11.7 Å². The minimum Gasteiger partial charge on any atom is -0.478 e. The Kier molecular flexibility index (Phi) is 3.70. The van der Waals surface area contributed by atoms with Crippen molar-refractivity contribution in [3.05, 3.63) is 0 Å². The van der Waals surface area contributed by atoms with Crippen LogP contribution in [0.5, 0.6) is 0 Å². The van der Waals surface area contributed by atoms with Gasteiger partial charge in [-0.1, -0.05) is 0 Å². The minimum absolute atomic E-state index is 0.0729. The van der Waals surface area contributed by atoms with Crippen LogP contribution in [0.15, 0.2) is 0 Å². The second-order valence-electron chi connectivity index (χ2n) is 1.97. The molecular weight excluding hydrogens is 154 g/mol. The Balaban J connectivity index is 3.75. The standard InChI is InChI=1S/C5H11NO3S/c1-10-3-2-5(6,9)4(7)8/h9H,2-3,6H2,1H3,(H,7,8)/t5-/m1/s1. The lowest BCUT2D eigenvalue weighted by Gasteiger charge is -2.15. The maximum Gasteiger partial charge on any atom is 0.351 e. The molecule has 0 saturated carbocycles. The first kappa shape index (κ1) is 9.74. The van der Waals surface area contributed by atoms with Crippen LogP contribution >= 0.6 is 11.8 Å². The molecule has 0 amide bonds. The Hall–Kier alpha value is -0.260. The summed E-state index contributed by atoms with van der Waals surface area (Å²) >= 11 is 1.44. The Morgan fingerprint density at radius 2 is 2.30 bits per heavy atom. The third kappa shape index (κ3) is 3.05. The van der Waals surface area contributed by atoms with Gasteiger partial charge in [-0.2, -0.15) is 11.8 Å². The van der Waals surface area contributed by atoms with E-state index in [0.717, 1.165) is 0 Å². The summed E-state index contributed by atoms with van der Waals surface area (Å²) in [4.78, 5) is 10.1. The summed E-state index contributed by atoms with van der Waals surface area (Å²) in [6.07, 6.45) is 1.89. The van der Waals surface area contributed by atoms with Crippen LogP contribution < -0.4 is 5.73 Å². The lowest BCUT2D eigenvalue weighted by atomic mass is 10.2. The largest absolute Gasteiger partial charge is 0.478 e. The van der Waals surface area contributed by atoms with Gasteiger partial charge >= 0.3 is 5.97 Å². The second kappa shape index (κ2) is 3.80. The quantitative estimate of drug-likeness (QED) is 0.488. The maximum absolute atomic E-state index is 10.1. The van der Waals surface area contributed by atoms with E-state index in [1.54, 1.807) is 0 Å². The number of thioether (sulfide) groups is 1. The van der Waals surface area contributed by atoms with E-state index in [1.807, 2.05) is 6.26 Å². The fourth-order valence-corrected chi connectivity index (χ4v) is 0.880. The molecule has 0 aromatic heterocycles. The number of rotatable bonds is 4. The minimum atomic E-state index is -2.05. The first-order valence-electron chi connectivity index (χ1n) is 2.74. The molecule has 0 saturated heterocycles. The van der Waals surface area contributed by atoms with Crippen molar-refractivity contribution in [2.45, 2.75) is 12.1 Å². The Morgan fingerprint density at radius 1 is 1.80 bits per heavy atom. The van der Waals surface area contributed by atoms with E-state index in [9.17, 15) is 4.79 Å². The van der Waals surface area contributed by atoms with Gasteiger partial charge in [-0.25, -0.2) is 4.79 Å². The second-order valence-corrected chi connectivity index (χ2v) is 2.96. The summed E-state index contributed by atoms with van der Waals surface area (Å²) in [5.41, 5.74) is 2.94. The van der Waals surface area contributed by atoms with E-state index in [-0.39, 0.29) is 6.42 Å². The van der Waals surface area contributed by atoms with Gasteiger partial charge in [0.05, 0.1) is 0 Å². The average molecular weight is 165 g/mol. The predicted molar refractivity (Wildman–Crippen MR) is 39.8 cm³/mol. The number of aliphatic carboxylic acids is 1. The average Bonchev–Trinajstić information content (AvgIpc) is 1.84. The van der Waals surface area contributed by atoms with Crippen molar-refractivity contribution >= 4 is 17.7 Å². The fraction of sp³-hybridized carbons (Fsp3) is 0.800. The van der Waals surface area contributed by atoms with E-state index >= 15 is 0 Å². The zero-order valence-electron chi connectivity index (χ0n) is 5.70. The molecule has 0 unspecified atom stereocenters. The zero-order valence-corrected chi connectivity index (χ0v) is 6.52. The molecular formula is C5H11NO3S. The lowest BCUT2D eigenvalue weighted by Crippen LogP contribution is -2.48. The van der Waals surface area contributed by atoms with Gasteiger partial charge in [-0.05, 0) is 12.0 Å². The van der Waals surface area contributed by atoms with Crippen LogP contribution in [0.25, 0.3) is 0 Å². The van der Waals surface area contributed by atoms with Crippen LogP contribution in [0.3, 0.4) is 0 Å². The van der Waals surface area contributed by atoms with Gasteiger partial charge in [0.2, 0.25) is 5.72 Å². The molecule has 0 aromatic rings. The van der Waals surface area contributed by atoms with Crippen LogP contribution in [0.4, 0.5) is 0 Å². The monoisotopic (exact) mass is 165 g/mol. The fourth-order valence-electron chi connectivity index (χ4n) is 0.365. The van der Waals surface area contributed by atoms with Crippen molar-refractivity contribution in [3.8, 4) is 0 Å². The number of carboxylic acid groups (broad SMARTS) is 1. The Bertz CT molecular complexity index is 126. The van der Waals surface area contributed by atoms with Crippen molar-refractivity contribution in [2.24, 2.45) is 5.73 Å². The SMILES string of the molecule is CSCC[C@@](N)(O)C(=O)O. The Morgan fingerprint density at radius 3 is 2.60 bits per heavy atom. The summed E-state index contributed by atoms with van der Waals surface area (Å²) in [6.45, 7) is 0. The molecule has 60 valence electrons. The molecule has 0 aliphatic heterocycles.